The summed E-state index contributed by atoms with van der Waals surface area (Å²) in [6.07, 6.45) is 12.6. The second kappa shape index (κ2) is 5.69. The van der Waals surface area contributed by atoms with Crippen LogP contribution < -0.4 is 5.43 Å². The minimum Gasteiger partial charge on any atom is -0.505 e. The van der Waals surface area contributed by atoms with Crippen molar-refractivity contribution in [3.05, 3.63) is 74.8 Å². The molecule has 1 unspecified atom stereocenters. The molecule has 26 heavy (non-hydrogen) atoms. The van der Waals surface area contributed by atoms with E-state index in [0.29, 0.717) is 0 Å². The lowest BCUT2D eigenvalue weighted by atomic mass is 9.84. The Kier molecular flexibility index (Phi) is 3.42. The van der Waals surface area contributed by atoms with Crippen LogP contribution in [-0.2, 0) is 0 Å². The molecule has 0 radical (unpaired) electrons. The molecule has 0 amide bonds. The first-order valence-electron chi connectivity index (χ1n) is 8.19. The third-order valence-corrected chi connectivity index (χ3v) is 5.51. The normalized spacial score (nSPS) is 19.9. The standard InChI is InChI=1S/C19H14Cl2N4O/c20-14-5-11(6-15(21)19(14)26)13-3-4-16-17-10(7-23-18(13)17)1-2-12-8-22-9-24-25(12)16/h1-2,4-9,13,23,26H,3H2,(H,22,24). The molecule has 130 valence electrons. The smallest absolute Gasteiger partial charge is 0.152 e. The molecule has 0 spiro atoms. The number of phenolic OH excluding ortho intramolecular Hbond substituents is 1. The van der Waals surface area contributed by atoms with Gasteiger partial charge in [0.05, 0.1) is 27.6 Å². The van der Waals surface area contributed by atoms with Gasteiger partial charge in [-0.1, -0.05) is 35.4 Å². The van der Waals surface area contributed by atoms with Crippen LogP contribution in [0.4, 0.5) is 0 Å². The van der Waals surface area contributed by atoms with Gasteiger partial charge in [0.1, 0.15) is 6.34 Å². The number of aromatic nitrogens is 1. The molecule has 0 saturated heterocycles. The van der Waals surface area contributed by atoms with Crippen molar-refractivity contribution in [2.45, 2.75) is 12.3 Å². The van der Waals surface area contributed by atoms with Crippen molar-refractivity contribution in [2.24, 2.45) is 4.99 Å². The number of benzene rings is 1. The Morgan fingerprint density at radius 2 is 2.00 bits per heavy atom. The Morgan fingerprint density at radius 1 is 1.19 bits per heavy atom. The number of aromatic hydroxyl groups is 1. The SMILES string of the molecule is Oc1c(Cl)cc(C2CC=C3c4c(c[nH]c42)C=CC2=CN=CNN23)cc1Cl. The Morgan fingerprint density at radius 3 is 2.81 bits per heavy atom. The van der Waals surface area contributed by atoms with Gasteiger partial charge >= 0.3 is 0 Å². The highest BCUT2D eigenvalue weighted by Crippen LogP contribution is 2.45. The van der Waals surface area contributed by atoms with Gasteiger partial charge in [0.2, 0.25) is 0 Å². The number of phenols is 1. The van der Waals surface area contributed by atoms with Gasteiger partial charge in [-0.05, 0) is 30.2 Å². The van der Waals surface area contributed by atoms with Crippen LogP contribution in [0.15, 0.2) is 47.4 Å². The zero-order valence-corrected chi connectivity index (χ0v) is 15.0. The van der Waals surface area contributed by atoms with Crippen molar-refractivity contribution in [1.82, 2.24) is 15.4 Å². The predicted molar refractivity (Wildman–Crippen MR) is 104 cm³/mol. The summed E-state index contributed by atoms with van der Waals surface area (Å²) in [5, 5.41) is 12.4. The molecular weight excluding hydrogens is 371 g/mol. The minimum absolute atomic E-state index is 0.0792. The van der Waals surface area contributed by atoms with E-state index >= 15 is 0 Å². The second-order valence-electron chi connectivity index (χ2n) is 6.37. The number of allylic oxidation sites excluding steroid dienone is 2. The fraction of sp³-hybridized carbons (Fsp3) is 0.105. The first kappa shape index (κ1) is 15.6. The maximum Gasteiger partial charge on any atom is 0.152 e. The minimum atomic E-state index is -0.0797. The van der Waals surface area contributed by atoms with Crippen LogP contribution in [0.5, 0.6) is 5.75 Å². The summed E-state index contributed by atoms with van der Waals surface area (Å²) >= 11 is 12.3. The number of hydrogen-bond acceptors (Lipinski definition) is 4. The van der Waals surface area contributed by atoms with Crippen molar-refractivity contribution in [2.75, 3.05) is 0 Å². The quantitative estimate of drug-likeness (QED) is 0.671. The fourth-order valence-corrected chi connectivity index (χ4v) is 4.23. The van der Waals surface area contributed by atoms with Crippen molar-refractivity contribution >= 4 is 41.3 Å². The molecule has 5 rings (SSSR count). The molecule has 0 saturated carbocycles. The molecule has 7 heteroatoms. The van der Waals surface area contributed by atoms with Crippen molar-refractivity contribution in [3.8, 4) is 5.75 Å². The summed E-state index contributed by atoms with van der Waals surface area (Å²) in [6, 6.07) is 3.56. The van der Waals surface area contributed by atoms with Gasteiger partial charge < -0.3 is 10.1 Å². The number of H-pyrrole nitrogens is 1. The van der Waals surface area contributed by atoms with E-state index in [1.165, 1.54) is 0 Å². The maximum absolute atomic E-state index is 9.86. The highest BCUT2D eigenvalue weighted by Gasteiger charge is 2.32. The number of halogens is 2. The number of nitrogens with one attached hydrogen (secondary N) is 2. The topological polar surface area (TPSA) is 63.6 Å². The Bertz CT molecular complexity index is 1020. The highest BCUT2D eigenvalue weighted by molar-refractivity contribution is 6.37. The van der Waals surface area contributed by atoms with Gasteiger partial charge in [-0.3, -0.25) is 10.4 Å². The van der Waals surface area contributed by atoms with E-state index in [9.17, 15) is 5.11 Å². The molecule has 1 aromatic heterocycles. The lowest BCUT2D eigenvalue weighted by molar-refractivity contribution is 0.449. The molecule has 5 nitrogen and oxygen atoms in total. The lowest BCUT2D eigenvalue weighted by Crippen LogP contribution is -2.36. The van der Waals surface area contributed by atoms with Gasteiger partial charge in [-0.2, -0.15) is 0 Å². The number of hydrogen-bond donors (Lipinski definition) is 3. The summed E-state index contributed by atoms with van der Waals surface area (Å²) in [7, 11) is 0. The van der Waals surface area contributed by atoms with E-state index in [4.69, 9.17) is 23.2 Å². The third kappa shape index (κ3) is 2.21. The zero-order valence-electron chi connectivity index (χ0n) is 13.5. The molecule has 0 fully saturated rings. The monoisotopic (exact) mass is 384 g/mol. The van der Waals surface area contributed by atoms with Crippen molar-refractivity contribution < 1.29 is 5.11 Å². The maximum atomic E-state index is 9.86. The molecule has 3 N–H and O–H groups in total. The number of nitrogens with zero attached hydrogens (tertiary/aromatic N) is 2. The molecule has 0 bridgehead atoms. The average molecular weight is 385 g/mol. The van der Waals surface area contributed by atoms with Crippen LogP contribution in [-0.4, -0.2) is 21.4 Å². The summed E-state index contributed by atoms with van der Waals surface area (Å²) in [5.41, 5.74) is 9.60. The third-order valence-electron chi connectivity index (χ3n) is 4.94. The Hall–Kier alpha value is -2.63. The van der Waals surface area contributed by atoms with E-state index < -0.39 is 0 Å². The summed E-state index contributed by atoms with van der Waals surface area (Å²) in [5.74, 6) is -0.000517. The van der Waals surface area contributed by atoms with Gasteiger partial charge in [-0.25, -0.2) is 4.99 Å². The summed E-state index contributed by atoms with van der Waals surface area (Å²) in [4.78, 5) is 7.60. The van der Waals surface area contributed by atoms with Gasteiger partial charge in [0.25, 0.3) is 0 Å². The molecule has 1 atom stereocenters. The van der Waals surface area contributed by atoms with E-state index in [1.54, 1.807) is 18.5 Å². The largest absolute Gasteiger partial charge is 0.505 e. The predicted octanol–water partition coefficient (Wildman–Crippen LogP) is 4.62. The van der Waals surface area contributed by atoms with Gasteiger partial charge in [-0.15, -0.1) is 0 Å². The van der Waals surface area contributed by atoms with Crippen LogP contribution in [0.1, 0.15) is 34.7 Å². The van der Waals surface area contributed by atoms with Crippen molar-refractivity contribution in [3.63, 3.8) is 0 Å². The van der Waals surface area contributed by atoms with E-state index in [0.717, 1.165) is 40.2 Å². The van der Waals surface area contributed by atoms with Crippen LogP contribution >= 0.6 is 23.2 Å². The highest BCUT2D eigenvalue weighted by atomic mass is 35.5. The molecule has 3 aliphatic rings. The van der Waals surface area contributed by atoms with Crippen LogP contribution in [0.25, 0.3) is 11.8 Å². The average Bonchev–Trinajstić information content (AvgIpc) is 3.00. The van der Waals surface area contributed by atoms with Crippen LogP contribution in [0.3, 0.4) is 0 Å². The summed E-state index contributed by atoms with van der Waals surface area (Å²) < 4.78 is 0. The molecule has 2 aliphatic heterocycles. The first-order chi connectivity index (χ1) is 12.6. The number of hydrazine groups is 1. The summed E-state index contributed by atoms with van der Waals surface area (Å²) in [6.45, 7) is 0. The first-order valence-corrected chi connectivity index (χ1v) is 8.95. The number of fused-ring (bicyclic) bond motifs is 2. The van der Waals surface area contributed by atoms with Crippen molar-refractivity contribution in [1.29, 1.82) is 0 Å². The molecule has 3 heterocycles. The molecule has 2 aromatic rings. The Balaban J connectivity index is 1.65. The fourth-order valence-electron chi connectivity index (χ4n) is 3.73. The van der Waals surface area contributed by atoms with Gasteiger partial charge in [0, 0.05) is 28.9 Å². The van der Waals surface area contributed by atoms with E-state index in [-0.39, 0.29) is 21.7 Å². The zero-order chi connectivity index (χ0) is 17.8. The van der Waals surface area contributed by atoms with E-state index in [1.807, 2.05) is 23.5 Å². The molecular formula is C19H14Cl2N4O. The molecule has 1 aromatic carbocycles. The number of rotatable bonds is 1. The Labute approximate surface area is 159 Å². The molecule has 1 aliphatic carbocycles. The van der Waals surface area contributed by atoms with E-state index in [2.05, 4.69) is 27.6 Å². The van der Waals surface area contributed by atoms with Crippen LogP contribution in [0, 0.1) is 0 Å². The second-order valence-corrected chi connectivity index (χ2v) is 7.19. The number of aliphatic imine (C=N–C) groups is 1. The van der Waals surface area contributed by atoms with Crippen LogP contribution in [0.2, 0.25) is 10.0 Å². The van der Waals surface area contributed by atoms with Gasteiger partial charge in [0.15, 0.2) is 5.75 Å². The lowest BCUT2D eigenvalue weighted by Gasteiger charge is -2.32. The number of aromatic amines is 1.